The predicted molar refractivity (Wildman–Crippen MR) is 72.2 cm³/mol. The van der Waals surface area contributed by atoms with Crippen molar-refractivity contribution in [1.82, 2.24) is 15.1 Å². The van der Waals surface area contributed by atoms with Crippen LogP contribution < -0.4 is 5.32 Å². The topological polar surface area (TPSA) is 84.2 Å². The summed E-state index contributed by atoms with van der Waals surface area (Å²) in [5.41, 5.74) is 1.82. The van der Waals surface area contributed by atoms with Gasteiger partial charge in [-0.1, -0.05) is 24.3 Å². The summed E-state index contributed by atoms with van der Waals surface area (Å²) in [6.07, 6.45) is 1.63. The highest BCUT2D eigenvalue weighted by Gasteiger charge is 2.10. The number of carbonyl (C=O) groups excluding carboxylic acids is 1. The van der Waals surface area contributed by atoms with Crippen molar-refractivity contribution in [1.29, 1.82) is 0 Å². The lowest BCUT2D eigenvalue weighted by Gasteiger charge is -2.08. The fourth-order valence-corrected chi connectivity index (χ4v) is 1.87. The first-order valence-electron chi connectivity index (χ1n) is 6.12. The minimum atomic E-state index is -0.895. The van der Waals surface area contributed by atoms with E-state index in [1.54, 1.807) is 42.2 Å². The van der Waals surface area contributed by atoms with Crippen molar-refractivity contribution in [2.75, 3.05) is 0 Å². The van der Waals surface area contributed by atoms with E-state index in [0.29, 0.717) is 11.3 Å². The van der Waals surface area contributed by atoms with Crippen LogP contribution in [0.2, 0.25) is 0 Å². The van der Waals surface area contributed by atoms with Gasteiger partial charge in [0.1, 0.15) is 5.69 Å². The van der Waals surface area contributed by atoms with E-state index in [1.807, 2.05) is 6.07 Å². The van der Waals surface area contributed by atoms with Crippen molar-refractivity contribution in [3.05, 3.63) is 53.3 Å². The van der Waals surface area contributed by atoms with Gasteiger partial charge in [-0.25, -0.2) is 0 Å². The molecule has 0 saturated heterocycles. The number of aliphatic carboxylic acids is 1. The molecule has 0 saturated carbocycles. The summed E-state index contributed by atoms with van der Waals surface area (Å²) in [5, 5.41) is 15.6. The Morgan fingerprint density at radius 3 is 2.55 bits per heavy atom. The van der Waals surface area contributed by atoms with Gasteiger partial charge in [0.05, 0.1) is 6.42 Å². The Morgan fingerprint density at radius 1 is 1.25 bits per heavy atom. The van der Waals surface area contributed by atoms with Crippen LogP contribution in [0, 0.1) is 0 Å². The molecule has 2 rings (SSSR count). The van der Waals surface area contributed by atoms with E-state index in [4.69, 9.17) is 5.11 Å². The molecule has 1 aromatic carbocycles. The third-order valence-electron chi connectivity index (χ3n) is 2.85. The van der Waals surface area contributed by atoms with Crippen molar-refractivity contribution in [3.8, 4) is 0 Å². The van der Waals surface area contributed by atoms with Crippen molar-refractivity contribution in [2.45, 2.75) is 13.0 Å². The predicted octanol–water partition coefficient (Wildman–Crippen LogP) is 0.977. The quantitative estimate of drug-likeness (QED) is 0.850. The van der Waals surface area contributed by atoms with Gasteiger partial charge in [-0.15, -0.1) is 0 Å². The first-order valence-corrected chi connectivity index (χ1v) is 6.12. The van der Waals surface area contributed by atoms with Gasteiger partial charge in [-0.3, -0.25) is 14.3 Å². The third-order valence-corrected chi connectivity index (χ3v) is 2.85. The Morgan fingerprint density at radius 2 is 1.95 bits per heavy atom. The van der Waals surface area contributed by atoms with Crippen LogP contribution in [0.1, 0.15) is 21.6 Å². The van der Waals surface area contributed by atoms with Crippen molar-refractivity contribution in [2.24, 2.45) is 7.05 Å². The summed E-state index contributed by atoms with van der Waals surface area (Å²) in [6, 6.07) is 8.77. The van der Waals surface area contributed by atoms with Gasteiger partial charge < -0.3 is 10.4 Å². The molecule has 20 heavy (non-hydrogen) atoms. The molecule has 0 spiro atoms. The van der Waals surface area contributed by atoms with E-state index in [-0.39, 0.29) is 18.9 Å². The van der Waals surface area contributed by atoms with Gasteiger partial charge in [0, 0.05) is 19.8 Å². The van der Waals surface area contributed by atoms with Gasteiger partial charge in [-0.2, -0.15) is 5.10 Å². The molecule has 0 aliphatic heterocycles. The normalized spacial score (nSPS) is 10.2. The largest absolute Gasteiger partial charge is 0.481 e. The molecule has 104 valence electrons. The molecule has 0 unspecified atom stereocenters. The zero-order chi connectivity index (χ0) is 14.5. The fraction of sp³-hybridized carbons (Fsp3) is 0.214. The lowest BCUT2D eigenvalue weighted by atomic mass is 10.0. The summed E-state index contributed by atoms with van der Waals surface area (Å²) >= 11 is 0. The van der Waals surface area contributed by atoms with Crippen LogP contribution in [0.3, 0.4) is 0 Å². The van der Waals surface area contributed by atoms with Crippen LogP contribution in [0.25, 0.3) is 0 Å². The second kappa shape index (κ2) is 6.01. The molecule has 1 heterocycles. The summed E-state index contributed by atoms with van der Waals surface area (Å²) in [5.74, 6) is -1.18. The van der Waals surface area contributed by atoms with Gasteiger partial charge in [0.15, 0.2) is 0 Å². The second-order valence-electron chi connectivity index (χ2n) is 4.40. The van der Waals surface area contributed by atoms with E-state index in [1.165, 1.54) is 0 Å². The van der Waals surface area contributed by atoms with Crippen LogP contribution in [-0.4, -0.2) is 26.8 Å². The van der Waals surface area contributed by atoms with E-state index < -0.39 is 5.97 Å². The number of carboxylic acids is 1. The number of hydrogen-bond acceptors (Lipinski definition) is 3. The molecule has 2 N–H and O–H groups in total. The van der Waals surface area contributed by atoms with Gasteiger partial charge >= 0.3 is 5.97 Å². The highest BCUT2D eigenvalue weighted by molar-refractivity contribution is 5.92. The van der Waals surface area contributed by atoms with Crippen molar-refractivity contribution < 1.29 is 14.7 Å². The lowest BCUT2D eigenvalue weighted by Crippen LogP contribution is -2.24. The van der Waals surface area contributed by atoms with Crippen molar-refractivity contribution >= 4 is 11.9 Å². The van der Waals surface area contributed by atoms with E-state index >= 15 is 0 Å². The van der Waals surface area contributed by atoms with Crippen molar-refractivity contribution in [3.63, 3.8) is 0 Å². The highest BCUT2D eigenvalue weighted by atomic mass is 16.4. The Labute approximate surface area is 116 Å². The van der Waals surface area contributed by atoms with E-state index in [2.05, 4.69) is 10.4 Å². The Hall–Kier alpha value is -2.63. The Kier molecular flexibility index (Phi) is 4.14. The first-order chi connectivity index (χ1) is 9.56. The average Bonchev–Trinajstić information content (AvgIpc) is 2.83. The molecule has 1 aromatic heterocycles. The number of aromatic nitrogens is 2. The number of rotatable bonds is 5. The van der Waals surface area contributed by atoms with Gasteiger partial charge in [-0.05, 0) is 17.2 Å². The Bertz CT molecular complexity index is 634. The van der Waals surface area contributed by atoms with Crippen LogP contribution in [0.5, 0.6) is 0 Å². The average molecular weight is 273 g/mol. The number of hydrogen-bond donors (Lipinski definition) is 2. The standard InChI is InChI=1S/C14H15N3O3/c1-17-7-6-12(16-17)14(20)15-9-11-5-3-2-4-10(11)8-13(18)19/h2-7H,8-9H2,1H3,(H,15,20)(H,18,19). The lowest BCUT2D eigenvalue weighted by molar-refractivity contribution is -0.136. The molecular weight excluding hydrogens is 258 g/mol. The number of carbonyl (C=O) groups is 2. The van der Waals surface area contributed by atoms with E-state index in [0.717, 1.165) is 5.56 Å². The molecule has 1 amide bonds. The summed E-state index contributed by atoms with van der Waals surface area (Å²) in [7, 11) is 1.74. The molecule has 2 aromatic rings. The van der Waals surface area contributed by atoms with Gasteiger partial charge in [0.2, 0.25) is 0 Å². The Balaban J connectivity index is 2.03. The SMILES string of the molecule is Cn1ccc(C(=O)NCc2ccccc2CC(=O)O)n1. The number of nitrogens with zero attached hydrogens (tertiary/aromatic N) is 2. The fourth-order valence-electron chi connectivity index (χ4n) is 1.87. The zero-order valence-corrected chi connectivity index (χ0v) is 11.0. The van der Waals surface area contributed by atoms with Crippen LogP contribution in [0.15, 0.2) is 36.5 Å². The second-order valence-corrected chi connectivity index (χ2v) is 4.40. The molecule has 0 aliphatic carbocycles. The number of aryl methyl sites for hydroxylation is 1. The highest BCUT2D eigenvalue weighted by Crippen LogP contribution is 2.09. The smallest absolute Gasteiger partial charge is 0.307 e. The number of amides is 1. The minimum Gasteiger partial charge on any atom is -0.481 e. The molecule has 0 bridgehead atoms. The number of benzene rings is 1. The van der Waals surface area contributed by atoms with Crippen LogP contribution in [-0.2, 0) is 24.8 Å². The molecular formula is C14H15N3O3. The summed E-state index contributed by atoms with van der Waals surface area (Å²) in [6.45, 7) is 0.277. The zero-order valence-electron chi connectivity index (χ0n) is 11.0. The molecule has 6 heteroatoms. The number of carboxylic acid groups (broad SMARTS) is 1. The summed E-state index contributed by atoms with van der Waals surface area (Å²) in [4.78, 5) is 22.6. The molecule has 0 aliphatic rings. The maximum atomic E-state index is 11.9. The number of nitrogens with one attached hydrogen (secondary N) is 1. The van der Waals surface area contributed by atoms with Crippen LogP contribution >= 0.6 is 0 Å². The van der Waals surface area contributed by atoms with Crippen LogP contribution in [0.4, 0.5) is 0 Å². The third kappa shape index (κ3) is 3.44. The monoisotopic (exact) mass is 273 g/mol. The minimum absolute atomic E-state index is 0.0599. The molecule has 0 radical (unpaired) electrons. The summed E-state index contributed by atoms with van der Waals surface area (Å²) < 4.78 is 1.55. The van der Waals surface area contributed by atoms with E-state index in [9.17, 15) is 9.59 Å². The van der Waals surface area contributed by atoms with Gasteiger partial charge in [0.25, 0.3) is 5.91 Å². The maximum absolute atomic E-state index is 11.9. The molecule has 0 fully saturated rings. The maximum Gasteiger partial charge on any atom is 0.307 e. The molecule has 0 atom stereocenters. The first kappa shape index (κ1) is 13.8. The molecule has 6 nitrogen and oxygen atoms in total.